The molecule has 1 aromatic carbocycles. The molecule has 0 unspecified atom stereocenters. The third-order valence-corrected chi connectivity index (χ3v) is 3.00. The van der Waals surface area contributed by atoms with Crippen molar-refractivity contribution in [1.29, 1.82) is 0 Å². The van der Waals surface area contributed by atoms with E-state index in [-0.39, 0.29) is 5.56 Å². The summed E-state index contributed by atoms with van der Waals surface area (Å²) in [6.07, 6.45) is 1.43. The Kier molecular flexibility index (Phi) is 3.04. The van der Waals surface area contributed by atoms with Crippen LogP contribution >= 0.6 is 22.6 Å². The van der Waals surface area contributed by atoms with Gasteiger partial charge in [-0.1, -0.05) is 12.1 Å². The van der Waals surface area contributed by atoms with Crippen LogP contribution in [0.5, 0.6) is 0 Å². The first kappa shape index (κ1) is 11.3. The van der Waals surface area contributed by atoms with Crippen LogP contribution in [0.4, 0.5) is 14.6 Å². The molecule has 0 aliphatic rings. The number of pyridine rings is 1. The molecule has 1 heterocycles. The molecule has 2 N–H and O–H groups in total. The normalized spacial score (nSPS) is 10.4. The minimum Gasteiger partial charge on any atom is -0.383 e. The quantitative estimate of drug-likeness (QED) is 0.815. The van der Waals surface area contributed by atoms with Gasteiger partial charge in [0.2, 0.25) is 0 Å². The highest BCUT2D eigenvalue weighted by Crippen LogP contribution is 2.26. The van der Waals surface area contributed by atoms with Crippen LogP contribution in [0.2, 0.25) is 0 Å². The Morgan fingerprint density at radius 2 is 2.00 bits per heavy atom. The lowest BCUT2D eigenvalue weighted by atomic mass is 10.1. The van der Waals surface area contributed by atoms with Crippen molar-refractivity contribution in [1.82, 2.24) is 4.98 Å². The molecule has 2 nitrogen and oxygen atoms in total. The molecule has 0 amide bonds. The van der Waals surface area contributed by atoms with Gasteiger partial charge in [0.15, 0.2) is 11.6 Å². The Balaban J connectivity index is 2.59. The molecule has 5 heteroatoms. The Morgan fingerprint density at radius 1 is 1.25 bits per heavy atom. The van der Waals surface area contributed by atoms with E-state index in [0.29, 0.717) is 15.0 Å². The predicted octanol–water partition coefficient (Wildman–Crippen LogP) is 3.21. The van der Waals surface area contributed by atoms with Crippen molar-refractivity contribution in [3.8, 4) is 11.1 Å². The van der Waals surface area contributed by atoms with Crippen LogP contribution in [-0.4, -0.2) is 4.98 Å². The van der Waals surface area contributed by atoms with E-state index in [4.69, 9.17) is 5.73 Å². The Morgan fingerprint density at radius 3 is 2.69 bits per heavy atom. The van der Waals surface area contributed by atoms with E-state index < -0.39 is 11.6 Å². The van der Waals surface area contributed by atoms with Crippen LogP contribution in [0.1, 0.15) is 0 Å². The van der Waals surface area contributed by atoms with Gasteiger partial charge in [-0.2, -0.15) is 0 Å². The van der Waals surface area contributed by atoms with Crippen LogP contribution in [0.3, 0.4) is 0 Å². The molecule has 0 radical (unpaired) electrons. The lowest BCUT2D eigenvalue weighted by Crippen LogP contribution is -1.95. The first-order valence-corrected chi connectivity index (χ1v) is 5.53. The molecule has 2 aromatic rings. The maximum Gasteiger partial charge on any atom is 0.166 e. The molecule has 0 saturated heterocycles. The summed E-state index contributed by atoms with van der Waals surface area (Å²) in [5.74, 6) is -1.37. The number of nitrogens with zero attached hydrogens (tertiary/aromatic N) is 1. The Labute approximate surface area is 105 Å². The van der Waals surface area contributed by atoms with Crippen molar-refractivity contribution >= 4 is 28.4 Å². The maximum absolute atomic E-state index is 13.5. The monoisotopic (exact) mass is 332 g/mol. The van der Waals surface area contributed by atoms with E-state index >= 15 is 0 Å². The van der Waals surface area contributed by atoms with Gasteiger partial charge in [-0.15, -0.1) is 0 Å². The second-order valence-corrected chi connectivity index (χ2v) is 4.35. The molecule has 0 bridgehead atoms. The van der Waals surface area contributed by atoms with E-state index in [1.807, 2.05) is 22.6 Å². The highest BCUT2D eigenvalue weighted by molar-refractivity contribution is 14.1. The van der Waals surface area contributed by atoms with Crippen molar-refractivity contribution < 1.29 is 8.78 Å². The maximum atomic E-state index is 13.5. The first-order chi connectivity index (χ1) is 7.59. The van der Waals surface area contributed by atoms with Crippen molar-refractivity contribution in [3.05, 3.63) is 45.7 Å². The van der Waals surface area contributed by atoms with Crippen molar-refractivity contribution in [2.75, 3.05) is 5.73 Å². The highest BCUT2D eigenvalue weighted by Gasteiger charge is 2.10. The van der Waals surface area contributed by atoms with Gasteiger partial charge in [-0.25, -0.2) is 13.8 Å². The number of rotatable bonds is 1. The fraction of sp³-hybridized carbons (Fsp3) is 0. The van der Waals surface area contributed by atoms with E-state index in [9.17, 15) is 8.78 Å². The average molecular weight is 332 g/mol. The summed E-state index contributed by atoms with van der Waals surface area (Å²) in [4.78, 5) is 3.91. The van der Waals surface area contributed by atoms with Gasteiger partial charge in [0.25, 0.3) is 0 Å². The molecule has 0 aliphatic carbocycles. The number of anilines is 1. The van der Waals surface area contributed by atoms with Gasteiger partial charge in [-0.3, -0.25) is 0 Å². The minimum atomic E-state index is -0.871. The average Bonchev–Trinajstić information content (AvgIpc) is 2.26. The number of aromatic nitrogens is 1. The number of nitrogen functional groups attached to an aromatic ring is 1. The second-order valence-electron chi connectivity index (χ2n) is 3.19. The summed E-state index contributed by atoms with van der Waals surface area (Å²) in [5.41, 5.74) is 6.24. The number of hydrogen-bond acceptors (Lipinski definition) is 2. The van der Waals surface area contributed by atoms with Crippen LogP contribution in [0, 0.1) is 15.2 Å². The fourth-order valence-electron chi connectivity index (χ4n) is 1.32. The summed E-state index contributed by atoms with van der Waals surface area (Å²) < 4.78 is 27.2. The molecule has 0 aliphatic heterocycles. The SMILES string of the molecule is Nc1ncc(-c2cccc(F)c2F)cc1I. The molecule has 16 heavy (non-hydrogen) atoms. The van der Waals surface area contributed by atoms with Crippen LogP contribution in [0.25, 0.3) is 11.1 Å². The molecular formula is C11H7F2IN2. The molecule has 2 rings (SSSR count). The number of hydrogen-bond donors (Lipinski definition) is 1. The summed E-state index contributed by atoms with van der Waals surface area (Å²) >= 11 is 1.99. The summed E-state index contributed by atoms with van der Waals surface area (Å²) in [6.45, 7) is 0. The standard InChI is InChI=1S/C11H7F2IN2/c12-8-3-1-2-7(10(8)13)6-4-9(14)11(15)16-5-6/h1-5H,(H2,15,16). The zero-order valence-electron chi connectivity index (χ0n) is 8.05. The largest absolute Gasteiger partial charge is 0.383 e. The van der Waals surface area contributed by atoms with Gasteiger partial charge >= 0.3 is 0 Å². The van der Waals surface area contributed by atoms with E-state index in [2.05, 4.69) is 4.98 Å². The minimum absolute atomic E-state index is 0.186. The van der Waals surface area contributed by atoms with Gasteiger partial charge < -0.3 is 5.73 Å². The van der Waals surface area contributed by atoms with Gasteiger partial charge in [0, 0.05) is 17.3 Å². The molecule has 0 fully saturated rings. The second kappa shape index (κ2) is 4.32. The van der Waals surface area contributed by atoms with Crippen LogP contribution in [0.15, 0.2) is 30.5 Å². The highest BCUT2D eigenvalue weighted by atomic mass is 127. The number of halogens is 3. The molecule has 0 spiro atoms. The fourth-order valence-corrected chi connectivity index (χ4v) is 1.80. The summed E-state index contributed by atoms with van der Waals surface area (Å²) in [6, 6.07) is 5.70. The van der Waals surface area contributed by atoms with Gasteiger partial charge in [0.05, 0.1) is 3.57 Å². The molecular weight excluding hydrogens is 325 g/mol. The zero-order chi connectivity index (χ0) is 11.7. The summed E-state index contributed by atoms with van der Waals surface area (Å²) in [7, 11) is 0. The lowest BCUT2D eigenvalue weighted by Gasteiger charge is -2.05. The Hall–Kier alpha value is -1.24. The van der Waals surface area contributed by atoms with Crippen LogP contribution in [-0.2, 0) is 0 Å². The van der Waals surface area contributed by atoms with Crippen LogP contribution < -0.4 is 5.73 Å². The Bertz CT molecular complexity index is 544. The lowest BCUT2D eigenvalue weighted by molar-refractivity contribution is 0.511. The predicted molar refractivity (Wildman–Crippen MR) is 66.7 cm³/mol. The first-order valence-electron chi connectivity index (χ1n) is 4.45. The van der Waals surface area contributed by atoms with E-state index in [1.54, 1.807) is 6.07 Å². The number of benzene rings is 1. The molecule has 0 saturated carbocycles. The van der Waals surface area contributed by atoms with E-state index in [0.717, 1.165) is 6.07 Å². The smallest absolute Gasteiger partial charge is 0.166 e. The molecule has 1 aromatic heterocycles. The third kappa shape index (κ3) is 1.99. The summed E-state index contributed by atoms with van der Waals surface area (Å²) in [5, 5.41) is 0. The number of nitrogens with two attached hydrogens (primary N) is 1. The molecule has 82 valence electrons. The van der Waals surface area contributed by atoms with Gasteiger partial charge in [0.1, 0.15) is 5.82 Å². The van der Waals surface area contributed by atoms with Gasteiger partial charge in [-0.05, 0) is 34.7 Å². The van der Waals surface area contributed by atoms with Crippen molar-refractivity contribution in [2.24, 2.45) is 0 Å². The van der Waals surface area contributed by atoms with Crippen molar-refractivity contribution in [3.63, 3.8) is 0 Å². The topological polar surface area (TPSA) is 38.9 Å². The zero-order valence-corrected chi connectivity index (χ0v) is 10.2. The van der Waals surface area contributed by atoms with Crippen molar-refractivity contribution in [2.45, 2.75) is 0 Å². The third-order valence-electron chi connectivity index (χ3n) is 2.13. The molecule has 0 atom stereocenters. The van der Waals surface area contributed by atoms with E-state index in [1.165, 1.54) is 18.3 Å².